The third-order valence-corrected chi connectivity index (χ3v) is 4.38. The van der Waals surface area contributed by atoms with Crippen LogP contribution in [-0.4, -0.2) is 40.6 Å². The Morgan fingerprint density at radius 2 is 1.80 bits per heavy atom. The highest BCUT2D eigenvalue weighted by Gasteiger charge is 2.40. The van der Waals surface area contributed by atoms with E-state index >= 15 is 0 Å². The van der Waals surface area contributed by atoms with E-state index in [2.05, 4.69) is 22.6 Å². The molecule has 0 bridgehead atoms. The number of esters is 1. The summed E-state index contributed by atoms with van der Waals surface area (Å²) in [7, 11) is 0. The Balaban J connectivity index is 2.94. The summed E-state index contributed by atoms with van der Waals surface area (Å²) in [5, 5.41) is 0. The summed E-state index contributed by atoms with van der Waals surface area (Å²) in [4.78, 5) is 26.7. The van der Waals surface area contributed by atoms with Crippen LogP contribution >= 0.6 is 22.6 Å². The van der Waals surface area contributed by atoms with Crippen LogP contribution in [0.3, 0.4) is 0 Å². The Hall–Kier alpha value is -1.31. The minimum Gasteiger partial charge on any atom is -0.464 e. The summed E-state index contributed by atoms with van der Waals surface area (Å²) in [6.45, 7) is 8.46. The Morgan fingerprint density at radius 1 is 1.16 bits per heavy atom. The quantitative estimate of drug-likeness (QED) is 0.327. The molecule has 0 radical (unpaired) electrons. The molecule has 0 spiro atoms. The van der Waals surface area contributed by atoms with Crippen LogP contribution in [0.2, 0.25) is 0 Å². The molecule has 0 saturated carbocycles. The molecular weight excluding hydrogens is 433 g/mol. The van der Waals surface area contributed by atoms with Gasteiger partial charge in [0, 0.05) is 11.0 Å². The molecule has 0 aliphatic carbocycles. The van der Waals surface area contributed by atoms with Gasteiger partial charge in [0.05, 0.1) is 6.61 Å². The van der Waals surface area contributed by atoms with E-state index in [9.17, 15) is 9.59 Å². The average Bonchev–Trinajstić information content (AvgIpc) is 2.56. The van der Waals surface area contributed by atoms with Gasteiger partial charge in [-0.15, -0.1) is 0 Å². The van der Waals surface area contributed by atoms with Crippen molar-refractivity contribution in [3.8, 4) is 0 Å². The first kappa shape index (κ1) is 21.7. The summed E-state index contributed by atoms with van der Waals surface area (Å²) in [6, 6.07) is 8.82. The summed E-state index contributed by atoms with van der Waals surface area (Å²) in [6.07, 6.45) is 0.300. The van der Waals surface area contributed by atoms with E-state index in [0.717, 1.165) is 16.4 Å². The summed E-state index contributed by atoms with van der Waals surface area (Å²) < 4.78 is 11.6. The normalized spacial score (nSPS) is 12.4. The minimum atomic E-state index is -0.682. The smallest absolute Gasteiger partial charge is 0.410 e. The molecule has 1 aromatic rings. The van der Waals surface area contributed by atoms with Crippen molar-refractivity contribution in [3.05, 3.63) is 35.9 Å². The first-order valence-corrected chi connectivity index (χ1v) is 10.0. The second-order valence-electron chi connectivity index (χ2n) is 6.80. The van der Waals surface area contributed by atoms with Gasteiger partial charge in [-0.25, -0.2) is 9.59 Å². The third-order valence-electron chi connectivity index (χ3n) is 3.61. The molecule has 1 amide bonds. The molecule has 0 aliphatic heterocycles. The first-order valence-electron chi connectivity index (χ1n) is 8.51. The van der Waals surface area contributed by atoms with Crippen molar-refractivity contribution >= 4 is 34.7 Å². The lowest BCUT2D eigenvalue weighted by molar-refractivity contribution is -0.153. The molecule has 1 rings (SSSR count). The number of ether oxygens (including phenoxy) is 2. The minimum absolute atomic E-state index is 0.181. The number of hydrogen-bond donors (Lipinski definition) is 0. The highest BCUT2D eigenvalue weighted by atomic mass is 127. The van der Waals surface area contributed by atoms with Crippen LogP contribution in [-0.2, 0) is 20.9 Å². The largest absolute Gasteiger partial charge is 0.464 e. The Morgan fingerprint density at radius 3 is 2.32 bits per heavy atom. The fourth-order valence-electron chi connectivity index (χ4n) is 2.53. The molecule has 0 N–H and O–H groups in total. The van der Waals surface area contributed by atoms with Crippen LogP contribution in [0.15, 0.2) is 30.3 Å². The number of benzene rings is 1. The maximum atomic E-state index is 12.7. The Labute approximate surface area is 164 Å². The van der Waals surface area contributed by atoms with E-state index in [-0.39, 0.29) is 19.2 Å². The molecule has 140 valence electrons. The van der Waals surface area contributed by atoms with Gasteiger partial charge >= 0.3 is 12.1 Å². The molecule has 0 saturated heterocycles. The van der Waals surface area contributed by atoms with Crippen molar-refractivity contribution in [2.75, 3.05) is 17.6 Å². The van der Waals surface area contributed by atoms with Crippen molar-refractivity contribution in [2.45, 2.75) is 46.8 Å². The van der Waals surface area contributed by atoms with E-state index in [1.54, 1.807) is 6.92 Å². The molecule has 6 heteroatoms. The number of amides is 1. The number of alkyl halides is 1. The van der Waals surface area contributed by atoms with Gasteiger partial charge < -0.3 is 9.47 Å². The Bertz CT molecular complexity index is 542. The predicted molar refractivity (Wildman–Crippen MR) is 107 cm³/mol. The SMILES string of the molecule is CCOC(=O)[C@@H](N(CCCI)C(=O)OCc1ccccc1)C(C)(C)C. The van der Waals surface area contributed by atoms with E-state index < -0.39 is 17.6 Å². The number of hydrogen-bond acceptors (Lipinski definition) is 4. The van der Waals surface area contributed by atoms with Gasteiger partial charge in [0.25, 0.3) is 0 Å². The van der Waals surface area contributed by atoms with Gasteiger partial charge in [-0.05, 0) is 24.3 Å². The van der Waals surface area contributed by atoms with E-state index in [1.807, 2.05) is 51.1 Å². The number of carbonyl (C=O) groups excluding carboxylic acids is 2. The van der Waals surface area contributed by atoms with Gasteiger partial charge in [0.2, 0.25) is 0 Å². The van der Waals surface area contributed by atoms with Crippen molar-refractivity contribution < 1.29 is 19.1 Å². The molecular formula is C19H28INO4. The maximum absolute atomic E-state index is 12.7. The lowest BCUT2D eigenvalue weighted by Gasteiger charge is -2.37. The van der Waals surface area contributed by atoms with Crippen LogP contribution in [0.4, 0.5) is 4.79 Å². The fraction of sp³-hybridized carbons (Fsp3) is 0.579. The fourth-order valence-corrected chi connectivity index (χ4v) is 2.87. The molecule has 0 aromatic heterocycles. The number of rotatable bonds is 8. The lowest BCUT2D eigenvalue weighted by atomic mass is 9.85. The topological polar surface area (TPSA) is 55.8 Å². The highest BCUT2D eigenvalue weighted by molar-refractivity contribution is 14.1. The van der Waals surface area contributed by atoms with Crippen molar-refractivity contribution in [1.82, 2.24) is 4.90 Å². The maximum Gasteiger partial charge on any atom is 0.410 e. The van der Waals surface area contributed by atoms with Crippen LogP contribution in [0, 0.1) is 5.41 Å². The zero-order chi connectivity index (χ0) is 18.9. The predicted octanol–water partition coefficient (Wildman–Crippen LogP) is 4.43. The molecule has 1 aromatic carbocycles. The van der Waals surface area contributed by atoms with Gasteiger partial charge in [-0.2, -0.15) is 0 Å². The molecule has 0 unspecified atom stereocenters. The van der Waals surface area contributed by atoms with Crippen molar-refractivity contribution in [1.29, 1.82) is 0 Å². The van der Waals surface area contributed by atoms with Crippen molar-refractivity contribution in [2.24, 2.45) is 5.41 Å². The van der Waals surface area contributed by atoms with Crippen LogP contribution in [0.5, 0.6) is 0 Å². The molecule has 25 heavy (non-hydrogen) atoms. The molecule has 0 fully saturated rings. The van der Waals surface area contributed by atoms with Gasteiger partial charge in [0.15, 0.2) is 0 Å². The van der Waals surface area contributed by atoms with Gasteiger partial charge in [0.1, 0.15) is 12.6 Å². The summed E-state index contributed by atoms with van der Waals surface area (Å²) in [5.41, 5.74) is 0.455. The standard InChI is InChI=1S/C19H28INO4/c1-5-24-17(22)16(19(2,3)4)21(13-9-12-20)18(23)25-14-15-10-7-6-8-11-15/h6-8,10-11,16H,5,9,12-14H2,1-4H3/t16-/m1/s1. The molecule has 0 heterocycles. The second-order valence-corrected chi connectivity index (χ2v) is 7.88. The van der Waals surface area contributed by atoms with E-state index in [4.69, 9.17) is 9.47 Å². The summed E-state index contributed by atoms with van der Waals surface area (Å²) in [5.74, 6) is -0.389. The summed E-state index contributed by atoms with van der Waals surface area (Å²) >= 11 is 2.26. The number of halogens is 1. The van der Waals surface area contributed by atoms with Crippen molar-refractivity contribution in [3.63, 3.8) is 0 Å². The zero-order valence-corrected chi connectivity index (χ0v) is 17.6. The molecule has 5 nitrogen and oxygen atoms in total. The highest BCUT2D eigenvalue weighted by Crippen LogP contribution is 2.27. The van der Waals surface area contributed by atoms with E-state index in [1.165, 1.54) is 4.90 Å². The van der Waals surface area contributed by atoms with Gasteiger partial charge in [-0.3, -0.25) is 4.90 Å². The Kier molecular flexibility index (Phi) is 9.24. The van der Waals surface area contributed by atoms with E-state index in [0.29, 0.717) is 6.54 Å². The van der Waals surface area contributed by atoms with Crippen LogP contribution in [0.25, 0.3) is 0 Å². The zero-order valence-electron chi connectivity index (χ0n) is 15.5. The third kappa shape index (κ3) is 7.22. The second kappa shape index (κ2) is 10.6. The monoisotopic (exact) mass is 461 g/mol. The number of carbonyl (C=O) groups is 2. The van der Waals surface area contributed by atoms with Gasteiger partial charge in [-0.1, -0.05) is 73.7 Å². The number of nitrogens with zero attached hydrogens (tertiary/aromatic N) is 1. The van der Waals surface area contributed by atoms with Crippen LogP contribution in [0.1, 0.15) is 39.7 Å². The average molecular weight is 461 g/mol. The molecule has 0 aliphatic rings. The molecule has 1 atom stereocenters. The lowest BCUT2D eigenvalue weighted by Crippen LogP contribution is -2.53. The van der Waals surface area contributed by atoms with Crippen LogP contribution < -0.4 is 0 Å². The first-order chi connectivity index (χ1) is 11.8.